The van der Waals surface area contributed by atoms with Gasteiger partial charge in [0.2, 0.25) is 5.91 Å². The first-order chi connectivity index (χ1) is 11.5. The molecule has 2 bridgehead atoms. The Kier molecular flexibility index (Phi) is 4.12. The fourth-order valence-corrected chi connectivity index (χ4v) is 5.08. The molecule has 3 aliphatic rings. The largest absolute Gasteiger partial charge is 0.382 e. The summed E-state index contributed by atoms with van der Waals surface area (Å²) in [6.45, 7) is 0.475. The number of carbonyl (C=O) groups is 1. The number of hydrogen-bond donors (Lipinski definition) is 2. The van der Waals surface area contributed by atoms with Gasteiger partial charge in [-0.25, -0.2) is 4.98 Å². The third kappa shape index (κ3) is 2.86. The van der Waals surface area contributed by atoms with Crippen LogP contribution in [0.15, 0.2) is 12.4 Å². The molecule has 1 saturated carbocycles. The smallest absolute Gasteiger partial charge is 0.234 e. The predicted octanol–water partition coefficient (Wildman–Crippen LogP) is 1.29. The predicted molar refractivity (Wildman–Crippen MR) is 90.3 cm³/mol. The second kappa shape index (κ2) is 6.15. The van der Waals surface area contributed by atoms with Gasteiger partial charge in [0.1, 0.15) is 11.4 Å². The van der Waals surface area contributed by atoms with Gasteiger partial charge in [0.05, 0.1) is 6.54 Å². The van der Waals surface area contributed by atoms with Gasteiger partial charge < -0.3 is 15.0 Å². The molecular weight excluding hydrogens is 304 g/mol. The highest BCUT2D eigenvalue weighted by atomic mass is 16.3. The van der Waals surface area contributed by atoms with Crippen LogP contribution in [0.2, 0.25) is 0 Å². The summed E-state index contributed by atoms with van der Waals surface area (Å²) in [5.74, 6) is 0.913. The van der Waals surface area contributed by atoms with Crippen LogP contribution in [0.5, 0.6) is 0 Å². The summed E-state index contributed by atoms with van der Waals surface area (Å²) in [5.41, 5.74) is -0.859. The molecule has 0 aromatic carbocycles. The van der Waals surface area contributed by atoms with Crippen molar-refractivity contribution in [2.45, 2.75) is 75.1 Å². The Bertz CT molecular complexity index is 594. The summed E-state index contributed by atoms with van der Waals surface area (Å²) in [6, 6.07) is 0.934. The normalized spacial score (nSPS) is 33.9. The number of hydrogen-bond acceptors (Lipinski definition) is 4. The molecule has 1 amide bonds. The van der Waals surface area contributed by atoms with Crippen LogP contribution in [0.25, 0.3) is 0 Å². The molecule has 1 aromatic heterocycles. The molecule has 6 nitrogen and oxygen atoms in total. The zero-order valence-corrected chi connectivity index (χ0v) is 14.4. The maximum absolute atomic E-state index is 12.4. The van der Waals surface area contributed by atoms with Gasteiger partial charge in [-0.2, -0.15) is 0 Å². The number of imidazole rings is 1. The summed E-state index contributed by atoms with van der Waals surface area (Å²) in [4.78, 5) is 19.1. The van der Waals surface area contributed by atoms with E-state index in [0.29, 0.717) is 25.4 Å². The van der Waals surface area contributed by atoms with Gasteiger partial charge in [-0.1, -0.05) is 12.8 Å². The number of nitrogens with zero attached hydrogens (tertiary/aromatic N) is 3. The van der Waals surface area contributed by atoms with Crippen LogP contribution < -0.4 is 5.32 Å². The summed E-state index contributed by atoms with van der Waals surface area (Å²) >= 11 is 0. The lowest BCUT2D eigenvalue weighted by Gasteiger charge is -2.43. The number of piperidine rings is 1. The minimum atomic E-state index is -0.859. The molecule has 2 atom stereocenters. The van der Waals surface area contributed by atoms with Crippen LogP contribution in [0.1, 0.15) is 57.2 Å². The monoisotopic (exact) mass is 332 g/mol. The van der Waals surface area contributed by atoms with Crippen molar-refractivity contribution < 1.29 is 9.90 Å². The van der Waals surface area contributed by atoms with Gasteiger partial charge in [-0.15, -0.1) is 0 Å². The Morgan fingerprint density at radius 3 is 2.54 bits per heavy atom. The van der Waals surface area contributed by atoms with Crippen LogP contribution in [0.3, 0.4) is 0 Å². The van der Waals surface area contributed by atoms with Gasteiger partial charge in [-0.05, 0) is 38.5 Å². The molecule has 6 heteroatoms. The van der Waals surface area contributed by atoms with Crippen molar-refractivity contribution in [3.05, 3.63) is 18.2 Å². The summed E-state index contributed by atoms with van der Waals surface area (Å²) in [5, 5.41) is 14.4. The Morgan fingerprint density at radius 2 is 1.96 bits per heavy atom. The molecule has 3 fully saturated rings. The highest BCUT2D eigenvalue weighted by Crippen LogP contribution is 2.44. The number of amides is 1. The zero-order valence-electron chi connectivity index (χ0n) is 14.4. The van der Waals surface area contributed by atoms with E-state index < -0.39 is 5.60 Å². The maximum Gasteiger partial charge on any atom is 0.234 e. The first kappa shape index (κ1) is 16.1. The molecule has 24 heavy (non-hydrogen) atoms. The average molecular weight is 332 g/mol. The molecule has 4 rings (SSSR count). The van der Waals surface area contributed by atoms with Crippen molar-refractivity contribution in [1.82, 2.24) is 19.8 Å². The first-order valence-electron chi connectivity index (χ1n) is 9.30. The lowest BCUT2D eigenvalue weighted by Crippen LogP contribution is -2.53. The van der Waals surface area contributed by atoms with Gasteiger partial charge >= 0.3 is 0 Å². The third-order valence-electron chi connectivity index (χ3n) is 6.20. The van der Waals surface area contributed by atoms with Crippen LogP contribution in [-0.4, -0.2) is 50.1 Å². The van der Waals surface area contributed by atoms with Gasteiger partial charge in [0, 0.05) is 37.6 Å². The molecule has 2 saturated heterocycles. The second-order valence-corrected chi connectivity index (χ2v) is 7.91. The quantitative estimate of drug-likeness (QED) is 0.872. The van der Waals surface area contributed by atoms with E-state index in [2.05, 4.69) is 15.2 Å². The van der Waals surface area contributed by atoms with E-state index in [-0.39, 0.29) is 18.0 Å². The molecule has 0 radical (unpaired) electrons. The lowest BCUT2D eigenvalue weighted by atomic mass is 9.85. The van der Waals surface area contributed by atoms with Crippen molar-refractivity contribution in [2.75, 3.05) is 6.54 Å². The second-order valence-electron chi connectivity index (χ2n) is 7.91. The zero-order chi connectivity index (χ0) is 16.7. The van der Waals surface area contributed by atoms with Gasteiger partial charge in [-0.3, -0.25) is 9.69 Å². The Morgan fingerprint density at radius 1 is 1.29 bits per heavy atom. The molecule has 1 aromatic rings. The Labute approximate surface area is 143 Å². The molecular formula is C18H28N4O2. The van der Waals surface area contributed by atoms with Gasteiger partial charge in [0.15, 0.2) is 0 Å². The highest BCUT2D eigenvalue weighted by Gasteiger charge is 2.50. The molecule has 2 N–H and O–H groups in total. The first-order valence-corrected chi connectivity index (χ1v) is 9.30. The van der Waals surface area contributed by atoms with Crippen LogP contribution in [0.4, 0.5) is 0 Å². The van der Waals surface area contributed by atoms with Crippen LogP contribution >= 0.6 is 0 Å². The summed E-state index contributed by atoms with van der Waals surface area (Å²) in [7, 11) is 1.93. The van der Waals surface area contributed by atoms with Crippen molar-refractivity contribution in [2.24, 2.45) is 7.05 Å². The number of aromatic nitrogens is 2. The van der Waals surface area contributed by atoms with E-state index >= 15 is 0 Å². The summed E-state index contributed by atoms with van der Waals surface area (Å²) < 4.78 is 1.92. The van der Waals surface area contributed by atoms with Crippen molar-refractivity contribution in [1.29, 1.82) is 0 Å². The van der Waals surface area contributed by atoms with Crippen molar-refractivity contribution in [3.8, 4) is 0 Å². The molecule has 1 aliphatic carbocycles. The molecule has 0 spiro atoms. The SMILES string of the molecule is Cn1ccnc1C1(O)CC2CCC(C1)N2CC(=O)NC1CCCC1. The minimum Gasteiger partial charge on any atom is -0.382 e. The van der Waals surface area contributed by atoms with Crippen molar-refractivity contribution >= 4 is 5.91 Å². The summed E-state index contributed by atoms with van der Waals surface area (Å²) in [6.07, 6.45) is 11.8. The highest BCUT2D eigenvalue weighted by molar-refractivity contribution is 5.78. The average Bonchev–Trinajstić information content (AvgIpc) is 3.23. The van der Waals surface area contributed by atoms with E-state index in [0.717, 1.165) is 31.5 Å². The number of carbonyl (C=O) groups excluding carboxylic acids is 1. The van der Waals surface area contributed by atoms with E-state index in [1.165, 1.54) is 12.8 Å². The van der Waals surface area contributed by atoms with Gasteiger partial charge in [0.25, 0.3) is 0 Å². The Balaban J connectivity index is 1.41. The van der Waals surface area contributed by atoms with E-state index in [9.17, 15) is 9.90 Å². The molecule has 2 unspecified atom stereocenters. The van der Waals surface area contributed by atoms with Crippen LogP contribution in [0, 0.1) is 0 Å². The van der Waals surface area contributed by atoms with Crippen molar-refractivity contribution in [3.63, 3.8) is 0 Å². The van der Waals surface area contributed by atoms with E-state index in [1.807, 2.05) is 17.8 Å². The fraction of sp³-hybridized carbons (Fsp3) is 0.778. The number of rotatable bonds is 4. The molecule has 2 aliphatic heterocycles. The Hall–Kier alpha value is -1.40. The number of aliphatic hydroxyl groups is 1. The fourth-order valence-electron chi connectivity index (χ4n) is 5.08. The third-order valence-corrected chi connectivity index (χ3v) is 6.20. The topological polar surface area (TPSA) is 70.4 Å². The van der Waals surface area contributed by atoms with Crippen LogP contribution in [-0.2, 0) is 17.4 Å². The number of fused-ring (bicyclic) bond motifs is 2. The number of aryl methyl sites for hydroxylation is 1. The molecule has 3 heterocycles. The maximum atomic E-state index is 12.4. The standard InChI is InChI=1S/C18H28N4O2/c1-21-9-8-19-17(21)18(24)10-14-6-7-15(11-18)22(14)12-16(23)20-13-4-2-3-5-13/h8-9,13-15,24H,2-7,10-12H2,1H3,(H,20,23). The molecule has 132 valence electrons. The van der Waals surface area contributed by atoms with E-state index in [1.54, 1.807) is 6.20 Å². The number of nitrogens with one attached hydrogen (secondary N) is 1. The van der Waals surface area contributed by atoms with E-state index in [4.69, 9.17) is 0 Å². The lowest BCUT2D eigenvalue weighted by molar-refractivity contribution is -0.126. The minimum absolute atomic E-state index is 0.154.